The van der Waals surface area contributed by atoms with Gasteiger partial charge >= 0.3 is 5.97 Å². The summed E-state index contributed by atoms with van der Waals surface area (Å²) >= 11 is 0. The first kappa shape index (κ1) is 24.0. The van der Waals surface area contributed by atoms with Gasteiger partial charge in [-0.15, -0.1) is 0 Å². The van der Waals surface area contributed by atoms with Crippen molar-refractivity contribution >= 4 is 11.9 Å². The highest BCUT2D eigenvalue weighted by atomic mass is 16.5. The third kappa shape index (κ3) is 5.33. The third-order valence-corrected chi connectivity index (χ3v) is 6.45. The van der Waals surface area contributed by atoms with Gasteiger partial charge in [0.2, 0.25) is 5.91 Å². The van der Waals surface area contributed by atoms with E-state index in [4.69, 9.17) is 4.74 Å². The van der Waals surface area contributed by atoms with Gasteiger partial charge in [-0.1, -0.05) is 115 Å². The van der Waals surface area contributed by atoms with Gasteiger partial charge in [-0.25, -0.2) is 4.79 Å². The van der Waals surface area contributed by atoms with Crippen LogP contribution in [0.4, 0.5) is 0 Å². The topological polar surface area (TPSA) is 55.4 Å². The number of benzene rings is 4. The lowest BCUT2D eigenvalue weighted by atomic mass is 9.75. The molecule has 0 unspecified atom stereocenters. The van der Waals surface area contributed by atoms with E-state index in [9.17, 15) is 9.59 Å². The summed E-state index contributed by atoms with van der Waals surface area (Å²) in [5, 5.41) is 2.99. The summed E-state index contributed by atoms with van der Waals surface area (Å²) in [6.07, 6.45) is 0.327. The number of hydrogen-bond donors (Lipinski definition) is 1. The number of rotatable bonds is 8. The lowest BCUT2D eigenvalue weighted by Gasteiger charge is -2.31. The fourth-order valence-electron chi connectivity index (χ4n) is 4.31. The van der Waals surface area contributed by atoms with Gasteiger partial charge in [-0.3, -0.25) is 4.79 Å². The second kappa shape index (κ2) is 10.8. The smallest absolute Gasteiger partial charge is 0.328 e. The number of ether oxygens (including phenoxy) is 1. The van der Waals surface area contributed by atoms with E-state index >= 15 is 0 Å². The average Bonchev–Trinajstić information content (AvgIpc) is 2.93. The first-order valence-corrected chi connectivity index (χ1v) is 11.7. The molecule has 0 aliphatic rings. The zero-order valence-corrected chi connectivity index (χ0v) is 20.0. The molecule has 0 heterocycles. The van der Waals surface area contributed by atoms with Crippen molar-refractivity contribution in [2.24, 2.45) is 0 Å². The molecule has 0 bridgehead atoms. The maximum absolute atomic E-state index is 13.8. The lowest BCUT2D eigenvalue weighted by Crippen LogP contribution is -2.51. The van der Waals surface area contributed by atoms with Gasteiger partial charge in [0.1, 0.15) is 6.04 Å². The Morgan fingerprint density at radius 1 is 0.714 bits per heavy atom. The van der Waals surface area contributed by atoms with Gasteiger partial charge in [0.25, 0.3) is 0 Å². The second-order valence-electron chi connectivity index (χ2n) is 8.67. The van der Waals surface area contributed by atoms with E-state index < -0.39 is 17.4 Å². The van der Waals surface area contributed by atoms with Gasteiger partial charge in [0, 0.05) is 6.42 Å². The Kier molecular flexibility index (Phi) is 7.41. The van der Waals surface area contributed by atoms with Gasteiger partial charge < -0.3 is 10.1 Å². The molecule has 1 N–H and O–H groups in total. The van der Waals surface area contributed by atoms with Crippen molar-refractivity contribution in [3.8, 4) is 11.1 Å². The van der Waals surface area contributed by atoms with Crippen LogP contribution in [0.2, 0.25) is 0 Å². The fraction of sp³-hybridized carbons (Fsp3) is 0.161. The molecule has 1 amide bonds. The van der Waals surface area contributed by atoms with Gasteiger partial charge in [0.15, 0.2) is 0 Å². The molecule has 4 aromatic carbocycles. The molecule has 4 aromatic rings. The summed E-state index contributed by atoms with van der Waals surface area (Å²) in [7, 11) is 1.34. The minimum atomic E-state index is -0.980. The van der Waals surface area contributed by atoms with Crippen molar-refractivity contribution in [2.45, 2.75) is 24.8 Å². The van der Waals surface area contributed by atoms with E-state index in [0.717, 1.165) is 27.8 Å². The summed E-state index contributed by atoms with van der Waals surface area (Å²) in [6, 6.07) is 36.5. The molecule has 4 rings (SSSR count). The Morgan fingerprint density at radius 3 is 1.66 bits per heavy atom. The number of amides is 1. The fourth-order valence-corrected chi connectivity index (χ4v) is 4.31. The minimum Gasteiger partial charge on any atom is -0.467 e. The summed E-state index contributed by atoms with van der Waals surface area (Å²) in [6.45, 7) is 1.88. The van der Waals surface area contributed by atoms with Crippen LogP contribution in [0.15, 0.2) is 115 Å². The monoisotopic (exact) mass is 463 g/mol. The van der Waals surface area contributed by atoms with Crippen LogP contribution in [0, 0.1) is 0 Å². The van der Waals surface area contributed by atoms with Crippen molar-refractivity contribution < 1.29 is 14.3 Å². The molecule has 176 valence electrons. The Morgan fingerprint density at radius 2 is 1.17 bits per heavy atom. The second-order valence-corrected chi connectivity index (χ2v) is 8.67. The van der Waals surface area contributed by atoms with Gasteiger partial charge in [-0.05, 0) is 34.7 Å². The van der Waals surface area contributed by atoms with Crippen molar-refractivity contribution in [3.05, 3.63) is 132 Å². The molecule has 4 nitrogen and oxygen atoms in total. The quantitative estimate of drug-likeness (QED) is 0.348. The highest BCUT2D eigenvalue weighted by Crippen LogP contribution is 2.32. The minimum absolute atomic E-state index is 0.258. The number of carbonyl (C=O) groups is 2. The largest absolute Gasteiger partial charge is 0.467 e. The number of methoxy groups -OCH3 is 1. The molecule has 0 saturated carbocycles. The third-order valence-electron chi connectivity index (χ3n) is 6.45. The molecule has 0 saturated heterocycles. The zero-order chi connectivity index (χ0) is 24.7. The lowest BCUT2D eigenvalue weighted by molar-refractivity contribution is -0.145. The van der Waals surface area contributed by atoms with Gasteiger partial charge in [0.05, 0.1) is 12.5 Å². The maximum atomic E-state index is 13.8. The van der Waals surface area contributed by atoms with Crippen LogP contribution in [0.1, 0.15) is 23.6 Å². The Bertz CT molecular complexity index is 1210. The van der Waals surface area contributed by atoms with Crippen molar-refractivity contribution in [3.63, 3.8) is 0 Å². The van der Waals surface area contributed by atoms with E-state index in [1.54, 1.807) is 0 Å². The first-order valence-electron chi connectivity index (χ1n) is 11.7. The Labute approximate surface area is 206 Å². The number of hydrogen-bond acceptors (Lipinski definition) is 3. The molecular formula is C31H29NO3. The SMILES string of the molecule is COC(=O)[C@@H](Cc1ccc(-c2ccccc2)cc1)NC(=O)C(C)(c1ccccc1)c1ccccc1. The highest BCUT2D eigenvalue weighted by Gasteiger charge is 2.39. The molecule has 0 fully saturated rings. The number of carbonyl (C=O) groups excluding carboxylic acids is 2. The standard InChI is InChI=1S/C31H29NO3/c1-31(26-14-8-4-9-15-26,27-16-10-5-11-17-27)30(34)32-28(29(33)35-2)22-23-18-20-25(21-19-23)24-12-6-3-7-13-24/h3-21,28H,22H2,1-2H3,(H,32,34)/t28-/m1/s1. The normalized spacial score (nSPS) is 11.9. The maximum Gasteiger partial charge on any atom is 0.328 e. The molecule has 0 aliphatic heterocycles. The molecule has 0 radical (unpaired) electrons. The van der Waals surface area contributed by atoms with Crippen LogP contribution in [-0.4, -0.2) is 25.0 Å². The predicted octanol–water partition coefficient (Wildman–Crippen LogP) is 5.56. The van der Waals surface area contributed by atoms with Crippen molar-refractivity contribution in [2.75, 3.05) is 7.11 Å². The van der Waals surface area contributed by atoms with Crippen molar-refractivity contribution in [1.82, 2.24) is 5.32 Å². The Balaban J connectivity index is 1.60. The van der Waals surface area contributed by atoms with Crippen molar-refractivity contribution in [1.29, 1.82) is 0 Å². The van der Waals surface area contributed by atoms with E-state index in [-0.39, 0.29) is 5.91 Å². The van der Waals surface area contributed by atoms with Crippen LogP contribution in [0.3, 0.4) is 0 Å². The predicted molar refractivity (Wildman–Crippen MR) is 139 cm³/mol. The Hall–Kier alpha value is -4.18. The molecule has 4 heteroatoms. The van der Waals surface area contributed by atoms with Gasteiger partial charge in [-0.2, -0.15) is 0 Å². The number of nitrogens with one attached hydrogen (secondary N) is 1. The summed E-state index contributed by atoms with van der Waals surface area (Å²) in [5.74, 6) is -0.736. The van der Waals surface area contributed by atoms with Crippen LogP contribution in [0.25, 0.3) is 11.1 Å². The zero-order valence-electron chi connectivity index (χ0n) is 20.0. The average molecular weight is 464 g/mol. The van der Waals surface area contributed by atoms with E-state index in [2.05, 4.69) is 17.4 Å². The van der Waals surface area contributed by atoms with E-state index in [1.165, 1.54) is 7.11 Å². The van der Waals surface area contributed by atoms with E-state index in [1.807, 2.05) is 110 Å². The summed E-state index contributed by atoms with van der Waals surface area (Å²) in [5.41, 5.74) is 3.86. The summed E-state index contributed by atoms with van der Waals surface area (Å²) < 4.78 is 5.05. The van der Waals surface area contributed by atoms with E-state index in [0.29, 0.717) is 6.42 Å². The van der Waals surface area contributed by atoms with Crippen LogP contribution < -0.4 is 5.32 Å². The summed E-state index contributed by atoms with van der Waals surface area (Å²) in [4.78, 5) is 26.5. The molecule has 0 aromatic heterocycles. The molecule has 35 heavy (non-hydrogen) atoms. The van der Waals surface area contributed by atoms with Crippen LogP contribution in [0.5, 0.6) is 0 Å². The number of esters is 1. The molecule has 0 aliphatic carbocycles. The highest BCUT2D eigenvalue weighted by molar-refractivity contribution is 5.94. The van der Waals surface area contributed by atoms with Crippen LogP contribution in [-0.2, 0) is 26.2 Å². The first-order chi connectivity index (χ1) is 17.0. The van der Waals surface area contributed by atoms with Crippen LogP contribution >= 0.6 is 0 Å². The molecular weight excluding hydrogens is 434 g/mol. The molecule has 1 atom stereocenters. The molecule has 0 spiro atoms.